The standard InChI is InChI=1S/C14H22N2O/c1-11-6-5-8-13(15)14(11)17-10-12-7-3-4-9-16(12)2/h5-6,8,12H,3-4,7,9-10,15H2,1-2H3. The molecule has 94 valence electrons. The first kappa shape index (κ1) is 12.2. The van der Waals surface area contributed by atoms with E-state index in [0.717, 1.165) is 23.6 Å². The van der Waals surface area contributed by atoms with Gasteiger partial charge in [0, 0.05) is 6.04 Å². The van der Waals surface area contributed by atoms with E-state index in [9.17, 15) is 0 Å². The molecule has 1 aromatic carbocycles. The van der Waals surface area contributed by atoms with Gasteiger partial charge >= 0.3 is 0 Å². The molecule has 1 aromatic rings. The van der Waals surface area contributed by atoms with Gasteiger partial charge in [-0.25, -0.2) is 0 Å². The zero-order chi connectivity index (χ0) is 12.3. The number of aryl methyl sites for hydroxylation is 1. The monoisotopic (exact) mass is 234 g/mol. The van der Waals surface area contributed by atoms with Crippen LogP contribution in [0.5, 0.6) is 5.75 Å². The molecule has 0 bridgehead atoms. The number of ether oxygens (including phenoxy) is 1. The molecule has 2 rings (SSSR count). The van der Waals surface area contributed by atoms with Crippen LogP contribution in [-0.2, 0) is 0 Å². The Morgan fingerprint density at radius 1 is 1.41 bits per heavy atom. The van der Waals surface area contributed by atoms with Gasteiger partial charge in [-0.05, 0) is 45.0 Å². The number of nitrogens with zero attached hydrogens (tertiary/aromatic N) is 1. The van der Waals surface area contributed by atoms with Gasteiger partial charge < -0.3 is 15.4 Å². The summed E-state index contributed by atoms with van der Waals surface area (Å²) in [5.74, 6) is 0.853. The highest BCUT2D eigenvalue weighted by atomic mass is 16.5. The molecular weight excluding hydrogens is 212 g/mol. The molecular formula is C14H22N2O. The number of likely N-dealkylation sites (N-methyl/N-ethyl adjacent to an activating group) is 1. The summed E-state index contributed by atoms with van der Waals surface area (Å²) in [6.45, 7) is 3.96. The Bertz CT molecular complexity index is 358. The molecule has 1 atom stereocenters. The van der Waals surface area contributed by atoms with Gasteiger partial charge in [-0.15, -0.1) is 0 Å². The SMILES string of the molecule is Cc1cccc(N)c1OCC1CCCCN1C. The summed E-state index contributed by atoms with van der Waals surface area (Å²) in [6, 6.07) is 6.43. The fraction of sp³-hybridized carbons (Fsp3) is 0.571. The fourth-order valence-electron chi connectivity index (χ4n) is 2.41. The second kappa shape index (κ2) is 5.41. The zero-order valence-electron chi connectivity index (χ0n) is 10.8. The molecule has 3 heteroatoms. The lowest BCUT2D eigenvalue weighted by Gasteiger charge is -2.32. The van der Waals surface area contributed by atoms with Crippen molar-refractivity contribution in [2.24, 2.45) is 0 Å². The molecule has 1 heterocycles. The smallest absolute Gasteiger partial charge is 0.145 e. The van der Waals surface area contributed by atoms with Gasteiger partial charge in [-0.2, -0.15) is 0 Å². The van der Waals surface area contributed by atoms with E-state index in [1.807, 2.05) is 25.1 Å². The van der Waals surface area contributed by atoms with Crippen LogP contribution >= 0.6 is 0 Å². The van der Waals surface area contributed by atoms with E-state index in [1.165, 1.54) is 25.8 Å². The number of anilines is 1. The minimum atomic E-state index is 0.530. The van der Waals surface area contributed by atoms with Crippen molar-refractivity contribution in [1.82, 2.24) is 4.90 Å². The Morgan fingerprint density at radius 2 is 2.24 bits per heavy atom. The highest BCUT2D eigenvalue weighted by Crippen LogP contribution is 2.26. The normalized spacial score (nSPS) is 21.4. The molecule has 0 spiro atoms. The molecule has 0 aliphatic carbocycles. The highest BCUT2D eigenvalue weighted by Gasteiger charge is 2.19. The highest BCUT2D eigenvalue weighted by molar-refractivity contribution is 5.56. The number of hydrogen-bond donors (Lipinski definition) is 1. The molecule has 1 unspecified atom stereocenters. The van der Waals surface area contributed by atoms with Crippen LogP contribution in [0.1, 0.15) is 24.8 Å². The molecule has 1 aliphatic heterocycles. The number of nitrogens with two attached hydrogens (primary N) is 1. The maximum atomic E-state index is 5.93. The van der Waals surface area contributed by atoms with E-state index in [-0.39, 0.29) is 0 Å². The molecule has 17 heavy (non-hydrogen) atoms. The predicted octanol–water partition coefficient (Wildman–Crippen LogP) is 2.44. The van der Waals surface area contributed by atoms with Gasteiger partial charge in [0.1, 0.15) is 12.4 Å². The second-order valence-corrected chi connectivity index (χ2v) is 4.93. The van der Waals surface area contributed by atoms with Crippen LogP contribution in [0.4, 0.5) is 5.69 Å². The lowest BCUT2D eigenvalue weighted by molar-refractivity contribution is 0.125. The van der Waals surface area contributed by atoms with Crippen LogP contribution in [0.25, 0.3) is 0 Å². The number of likely N-dealkylation sites (tertiary alicyclic amines) is 1. The van der Waals surface area contributed by atoms with Crippen LogP contribution in [0, 0.1) is 6.92 Å². The van der Waals surface area contributed by atoms with Gasteiger partial charge in [-0.3, -0.25) is 0 Å². The van der Waals surface area contributed by atoms with Gasteiger partial charge in [0.05, 0.1) is 5.69 Å². The molecule has 1 saturated heterocycles. The van der Waals surface area contributed by atoms with Crippen molar-refractivity contribution in [2.75, 3.05) is 25.9 Å². The van der Waals surface area contributed by atoms with E-state index in [2.05, 4.69) is 11.9 Å². The number of para-hydroxylation sites is 1. The number of nitrogen functional groups attached to an aromatic ring is 1. The summed E-state index contributed by atoms with van der Waals surface area (Å²) in [7, 11) is 2.17. The van der Waals surface area contributed by atoms with E-state index < -0.39 is 0 Å². The maximum Gasteiger partial charge on any atom is 0.145 e. The lowest BCUT2D eigenvalue weighted by atomic mass is 10.0. The fourth-order valence-corrected chi connectivity index (χ4v) is 2.41. The van der Waals surface area contributed by atoms with E-state index in [4.69, 9.17) is 10.5 Å². The molecule has 1 aliphatic rings. The zero-order valence-corrected chi connectivity index (χ0v) is 10.8. The summed E-state index contributed by atoms with van der Waals surface area (Å²) in [5.41, 5.74) is 7.79. The van der Waals surface area contributed by atoms with Crippen LogP contribution in [0.15, 0.2) is 18.2 Å². The van der Waals surface area contributed by atoms with E-state index in [0.29, 0.717) is 6.04 Å². The summed E-state index contributed by atoms with van der Waals surface area (Å²) in [4.78, 5) is 2.39. The first-order valence-corrected chi connectivity index (χ1v) is 6.36. The van der Waals surface area contributed by atoms with Crippen molar-refractivity contribution >= 4 is 5.69 Å². The molecule has 3 nitrogen and oxygen atoms in total. The van der Waals surface area contributed by atoms with Crippen molar-refractivity contribution in [1.29, 1.82) is 0 Å². The predicted molar refractivity (Wildman–Crippen MR) is 71.4 cm³/mol. The number of piperidine rings is 1. The average molecular weight is 234 g/mol. The summed E-state index contributed by atoms with van der Waals surface area (Å²) in [5, 5.41) is 0. The third kappa shape index (κ3) is 2.91. The Hall–Kier alpha value is -1.22. The second-order valence-electron chi connectivity index (χ2n) is 4.93. The number of rotatable bonds is 3. The molecule has 0 aromatic heterocycles. The summed E-state index contributed by atoms with van der Waals surface area (Å²) < 4.78 is 5.91. The van der Waals surface area contributed by atoms with Crippen molar-refractivity contribution in [2.45, 2.75) is 32.2 Å². The van der Waals surface area contributed by atoms with Crippen molar-refractivity contribution in [3.05, 3.63) is 23.8 Å². The maximum absolute atomic E-state index is 5.93. The Labute approximate surface area is 104 Å². The Balaban J connectivity index is 1.97. The van der Waals surface area contributed by atoms with Gasteiger partial charge in [0.15, 0.2) is 0 Å². The number of hydrogen-bond acceptors (Lipinski definition) is 3. The number of benzene rings is 1. The topological polar surface area (TPSA) is 38.5 Å². The van der Waals surface area contributed by atoms with E-state index in [1.54, 1.807) is 0 Å². The average Bonchev–Trinajstić information content (AvgIpc) is 2.30. The first-order chi connectivity index (χ1) is 8.18. The van der Waals surface area contributed by atoms with Gasteiger partial charge in [-0.1, -0.05) is 18.6 Å². The largest absolute Gasteiger partial charge is 0.490 e. The van der Waals surface area contributed by atoms with Crippen LogP contribution in [0.3, 0.4) is 0 Å². The molecule has 2 N–H and O–H groups in total. The quantitative estimate of drug-likeness (QED) is 0.816. The summed E-state index contributed by atoms with van der Waals surface area (Å²) >= 11 is 0. The Morgan fingerprint density at radius 3 is 2.94 bits per heavy atom. The van der Waals surface area contributed by atoms with Gasteiger partial charge in [0.25, 0.3) is 0 Å². The molecule has 1 fully saturated rings. The van der Waals surface area contributed by atoms with Crippen LogP contribution < -0.4 is 10.5 Å². The van der Waals surface area contributed by atoms with Gasteiger partial charge in [0.2, 0.25) is 0 Å². The molecule has 0 radical (unpaired) electrons. The lowest BCUT2D eigenvalue weighted by Crippen LogP contribution is -2.40. The minimum absolute atomic E-state index is 0.530. The van der Waals surface area contributed by atoms with Crippen LogP contribution in [0.2, 0.25) is 0 Å². The third-order valence-electron chi connectivity index (χ3n) is 3.58. The van der Waals surface area contributed by atoms with Crippen molar-refractivity contribution in [3.63, 3.8) is 0 Å². The minimum Gasteiger partial charge on any atom is -0.490 e. The molecule has 0 saturated carbocycles. The Kier molecular flexibility index (Phi) is 3.89. The molecule has 0 amide bonds. The first-order valence-electron chi connectivity index (χ1n) is 6.36. The van der Waals surface area contributed by atoms with Crippen LogP contribution in [-0.4, -0.2) is 31.1 Å². The van der Waals surface area contributed by atoms with E-state index >= 15 is 0 Å². The van der Waals surface area contributed by atoms with Crippen molar-refractivity contribution in [3.8, 4) is 5.75 Å². The van der Waals surface area contributed by atoms with Crippen molar-refractivity contribution < 1.29 is 4.74 Å². The summed E-state index contributed by atoms with van der Waals surface area (Å²) in [6.07, 6.45) is 3.84. The third-order valence-corrected chi connectivity index (χ3v) is 3.58.